The molecule has 1 unspecified atom stereocenters. The van der Waals surface area contributed by atoms with E-state index in [0.717, 1.165) is 30.7 Å². The first-order valence-electron chi connectivity index (χ1n) is 8.31. The minimum absolute atomic E-state index is 0.130. The summed E-state index contributed by atoms with van der Waals surface area (Å²) in [4.78, 5) is 18.5. The van der Waals surface area contributed by atoms with Crippen LogP contribution in [0.4, 0.5) is 10.6 Å². The molecule has 1 saturated heterocycles. The summed E-state index contributed by atoms with van der Waals surface area (Å²) in [7, 11) is 0. The van der Waals surface area contributed by atoms with Gasteiger partial charge in [0, 0.05) is 18.5 Å². The lowest BCUT2D eigenvalue weighted by molar-refractivity contribution is 0.122. The number of aliphatic hydroxyl groups excluding tert-OH is 1. The summed E-state index contributed by atoms with van der Waals surface area (Å²) in [5.74, 6) is 1.25. The maximum Gasteiger partial charge on any atom is 0.323 e. The summed E-state index contributed by atoms with van der Waals surface area (Å²) < 4.78 is 5.45. The number of ether oxygens (including phenoxy) is 1. The van der Waals surface area contributed by atoms with Crippen LogP contribution in [-0.2, 0) is 0 Å². The largest absolute Gasteiger partial charge is 0.492 e. The first-order valence-corrected chi connectivity index (χ1v) is 8.31. The fourth-order valence-electron chi connectivity index (χ4n) is 3.17. The lowest BCUT2D eigenvalue weighted by Crippen LogP contribution is -2.36. The predicted molar refractivity (Wildman–Crippen MR) is 89.8 cm³/mol. The molecule has 1 fully saturated rings. The fraction of sp³-hybridized carbons (Fsp3) is 0.647. The minimum Gasteiger partial charge on any atom is -0.492 e. The number of urea groups is 1. The second kappa shape index (κ2) is 7.64. The van der Waals surface area contributed by atoms with Crippen LogP contribution in [-0.4, -0.2) is 47.3 Å². The van der Waals surface area contributed by atoms with Gasteiger partial charge in [-0.2, -0.15) is 0 Å². The number of nitrogens with zero attached hydrogens (tertiary/aromatic N) is 2. The number of aliphatic hydroxyl groups is 1. The number of amides is 2. The highest BCUT2D eigenvalue weighted by atomic mass is 16.5. The van der Waals surface area contributed by atoms with E-state index in [0.29, 0.717) is 25.5 Å². The van der Waals surface area contributed by atoms with Gasteiger partial charge in [-0.3, -0.25) is 5.32 Å². The van der Waals surface area contributed by atoms with E-state index in [1.165, 1.54) is 0 Å². The van der Waals surface area contributed by atoms with Gasteiger partial charge >= 0.3 is 6.03 Å². The first kappa shape index (κ1) is 17.5. The molecule has 1 aromatic heterocycles. The van der Waals surface area contributed by atoms with Crippen molar-refractivity contribution in [3.05, 3.63) is 17.8 Å². The summed E-state index contributed by atoms with van der Waals surface area (Å²) >= 11 is 0. The molecule has 23 heavy (non-hydrogen) atoms. The number of pyridine rings is 1. The second-order valence-corrected chi connectivity index (χ2v) is 6.22. The third-order valence-electron chi connectivity index (χ3n) is 4.41. The van der Waals surface area contributed by atoms with Gasteiger partial charge in [0.05, 0.1) is 18.9 Å². The molecule has 0 bridgehead atoms. The van der Waals surface area contributed by atoms with E-state index in [4.69, 9.17) is 4.74 Å². The van der Waals surface area contributed by atoms with Crippen molar-refractivity contribution in [1.29, 1.82) is 0 Å². The van der Waals surface area contributed by atoms with Crippen LogP contribution in [0.5, 0.6) is 5.75 Å². The van der Waals surface area contributed by atoms with Gasteiger partial charge in [-0.1, -0.05) is 13.3 Å². The summed E-state index contributed by atoms with van der Waals surface area (Å²) in [5.41, 5.74) is 0.607. The lowest BCUT2D eigenvalue weighted by Gasteiger charge is -2.26. The van der Waals surface area contributed by atoms with Crippen LogP contribution in [0.2, 0.25) is 0 Å². The Morgan fingerprint density at radius 2 is 2.26 bits per heavy atom. The van der Waals surface area contributed by atoms with Gasteiger partial charge in [-0.25, -0.2) is 9.78 Å². The number of carbonyl (C=O) groups is 1. The van der Waals surface area contributed by atoms with E-state index in [-0.39, 0.29) is 18.1 Å². The van der Waals surface area contributed by atoms with Gasteiger partial charge in [-0.05, 0) is 38.8 Å². The molecule has 6 nitrogen and oxygen atoms in total. The van der Waals surface area contributed by atoms with Crippen molar-refractivity contribution in [3.8, 4) is 5.75 Å². The number of hydrogen-bond donors (Lipinski definition) is 2. The molecule has 2 heterocycles. The number of anilines is 1. The quantitative estimate of drug-likeness (QED) is 0.845. The smallest absolute Gasteiger partial charge is 0.323 e. The van der Waals surface area contributed by atoms with E-state index >= 15 is 0 Å². The zero-order valence-corrected chi connectivity index (χ0v) is 14.3. The van der Waals surface area contributed by atoms with Crippen LogP contribution in [0, 0.1) is 12.3 Å². The molecular formula is C17H27N3O3. The average molecular weight is 321 g/mol. The SMILES string of the molecule is CCCC1(CO)CCN(C(=O)Nc2ccc(OCC)c(C)n2)C1. The molecule has 0 aromatic carbocycles. The van der Waals surface area contributed by atoms with Crippen molar-refractivity contribution >= 4 is 11.8 Å². The Hall–Kier alpha value is -1.82. The number of carbonyl (C=O) groups excluding carboxylic acids is 1. The Morgan fingerprint density at radius 3 is 2.87 bits per heavy atom. The maximum atomic E-state index is 12.4. The molecule has 0 radical (unpaired) electrons. The second-order valence-electron chi connectivity index (χ2n) is 6.22. The first-order chi connectivity index (χ1) is 11.0. The predicted octanol–water partition coefficient (Wildman–Crippen LogP) is 2.81. The van der Waals surface area contributed by atoms with Crippen molar-refractivity contribution in [1.82, 2.24) is 9.88 Å². The van der Waals surface area contributed by atoms with Crippen molar-refractivity contribution in [3.63, 3.8) is 0 Å². The van der Waals surface area contributed by atoms with Crippen LogP contribution in [0.25, 0.3) is 0 Å². The number of aryl methyl sites for hydroxylation is 1. The molecule has 128 valence electrons. The molecule has 0 aliphatic carbocycles. The Kier molecular flexibility index (Phi) is 5.82. The van der Waals surface area contributed by atoms with E-state index in [9.17, 15) is 9.90 Å². The topological polar surface area (TPSA) is 74.7 Å². The Bertz CT molecular complexity index is 550. The number of nitrogens with one attached hydrogen (secondary N) is 1. The zero-order chi connectivity index (χ0) is 16.9. The summed E-state index contributed by atoms with van der Waals surface area (Å²) in [6.45, 7) is 7.86. The molecule has 1 aliphatic rings. The van der Waals surface area contributed by atoms with Crippen molar-refractivity contribution in [2.75, 3.05) is 31.6 Å². The molecule has 1 aromatic rings. The Balaban J connectivity index is 1.99. The maximum absolute atomic E-state index is 12.4. The van der Waals surface area contributed by atoms with Gasteiger partial charge in [0.15, 0.2) is 0 Å². The van der Waals surface area contributed by atoms with Crippen molar-refractivity contribution in [2.24, 2.45) is 5.41 Å². The van der Waals surface area contributed by atoms with Crippen molar-refractivity contribution in [2.45, 2.75) is 40.0 Å². The number of rotatable bonds is 6. The summed E-state index contributed by atoms with van der Waals surface area (Å²) in [6.07, 6.45) is 2.80. The van der Waals surface area contributed by atoms with E-state index in [1.807, 2.05) is 19.9 Å². The molecule has 0 spiro atoms. The highest BCUT2D eigenvalue weighted by Gasteiger charge is 2.38. The summed E-state index contributed by atoms with van der Waals surface area (Å²) in [6, 6.07) is 3.41. The van der Waals surface area contributed by atoms with Crippen LogP contribution < -0.4 is 10.1 Å². The molecule has 6 heteroatoms. The third-order valence-corrected chi connectivity index (χ3v) is 4.41. The number of hydrogen-bond acceptors (Lipinski definition) is 4. The van der Waals surface area contributed by atoms with E-state index in [1.54, 1.807) is 11.0 Å². The van der Waals surface area contributed by atoms with Gasteiger partial charge in [-0.15, -0.1) is 0 Å². The number of aromatic nitrogens is 1. The van der Waals surface area contributed by atoms with Gasteiger partial charge in [0.1, 0.15) is 11.6 Å². The normalized spacial score (nSPS) is 20.6. The monoisotopic (exact) mass is 321 g/mol. The molecular weight excluding hydrogens is 294 g/mol. The molecule has 2 amide bonds. The number of likely N-dealkylation sites (tertiary alicyclic amines) is 1. The molecule has 1 atom stereocenters. The van der Waals surface area contributed by atoms with Gasteiger partial charge in [0.25, 0.3) is 0 Å². The Morgan fingerprint density at radius 1 is 1.48 bits per heavy atom. The molecule has 0 saturated carbocycles. The van der Waals surface area contributed by atoms with Crippen molar-refractivity contribution < 1.29 is 14.6 Å². The van der Waals surface area contributed by atoms with Crippen LogP contribution >= 0.6 is 0 Å². The van der Waals surface area contributed by atoms with E-state index < -0.39 is 0 Å². The molecule has 1 aliphatic heterocycles. The lowest BCUT2D eigenvalue weighted by atomic mass is 9.83. The van der Waals surface area contributed by atoms with Crippen LogP contribution in [0.3, 0.4) is 0 Å². The minimum atomic E-state index is -0.160. The highest BCUT2D eigenvalue weighted by molar-refractivity contribution is 5.88. The Labute approximate surface area is 137 Å². The molecule has 2 N–H and O–H groups in total. The van der Waals surface area contributed by atoms with Crippen LogP contribution in [0.15, 0.2) is 12.1 Å². The highest BCUT2D eigenvalue weighted by Crippen LogP contribution is 2.34. The average Bonchev–Trinajstić information content (AvgIpc) is 2.95. The van der Waals surface area contributed by atoms with E-state index in [2.05, 4.69) is 17.2 Å². The zero-order valence-electron chi connectivity index (χ0n) is 14.3. The van der Waals surface area contributed by atoms with Crippen LogP contribution in [0.1, 0.15) is 38.8 Å². The van der Waals surface area contributed by atoms with Gasteiger partial charge in [0.2, 0.25) is 0 Å². The van der Waals surface area contributed by atoms with Gasteiger partial charge < -0.3 is 14.7 Å². The fourth-order valence-corrected chi connectivity index (χ4v) is 3.17. The molecule has 2 rings (SSSR count). The standard InChI is InChI=1S/C17H27N3O3/c1-4-8-17(12-21)9-10-20(11-17)16(22)19-15-7-6-14(23-5-2)13(3)18-15/h6-7,21H,4-5,8-12H2,1-3H3,(H,18,19,22). The third kappa shape index (κ3) is 4.13. The summed E-state index contributed by atoms with van der Waals surface area (Å²) in [5, 5.41) is 12.5.